The zero-order chi connectivity index (χ0) is 16.1. The average Bonchev–Trinajstić information content (AvgIpc) is 2.86. The quantitative estimate of drug-likeness (QED) is 0.558. The van der Waals surface area contributed by atoms with Gasteiger partial charge in [0.05, 0.1) is 0 Å². The topological polar surface area (TPSA) is 57.7 Å². The number of nitrogens with zero attached hydrogens (tertiary/aromatic N) is 2. The molecule has 0 aromatic heterocycles. The highest BCUT2D eigenvalue weighted by atomic mass is 16.2. The van der Waals surface area contributed by atoms with E-state index in [1.54, 1.807) is 11.8 Å². The molecule has 122 valence electrons. The predicted octanol–water partition coefficient (Wildman–Crippen LogP) is 2.12. The van der Waals surface area contributed by atoms with Crippen molar-refractivity contribution in [3.05, 3.63) is 12.2 Å². The number of unbranched alkanes of at least 4 members (excludes halogenated alkanes) is 2. The van der Waals surface area contributed by atoms with Crippen molar-refractivity contribution in [1.82, 2.24) is 9.80 Å². The van der Waals surface area contributed by atoms with Crippen LogP contribution in [0, 0.1) is 5.92 Å². The van der Waals surface area contributed by atoms with Crippen molar-refractivity contribution in [2.45, 2.75) is 58.4 Å². The van der Waals surface area contributed by atoms with Gasteiger partial charge >= 0.3 is 0 Å². The van der Waals surface area contributed by atoms with E-state index in [0.29, 0.717) is 5.92 Å². The summed E-state index contributed by atoms with van der Waals surface area (Å²) in [4.78, 5) is 38.7. The van der Waals surface area contributed by atoms with Crippen LogP contribution in [0.25, 0.3) is 0 Å². The van der Waals surface area contributed by atoms with E-state index in [0.717, 1.165) is 30.8 Å². The number of likely N-dealkylation sites (tertiary alicyclic amines) is 1. The normalized spacial score (nSPS) is 20.8. The Morgan fingerprint density at radius 1 is 1.18 bits per heavy atom. The SMILES string of the molecule is CCCCCC1CCN(C(=O)C(C)N2C(=O)C=CC2=O)CC1. The molecule has 0 aliphatic carbocycles. The Kier molecular flexibility index (Phi) is 5.75. The summed E-state index contributed by atoms with van der Waals surface area (Å²) in [5, 5.41) is 0. The molecule has 0 radical (unpaired) electrons. The zero-order valence-corrected chi connectivity index (χ0v) is 13.6. The minimum Gasteiger partial charge on any atom is -0.341 e. The Balaban J connectivity index is 1.82. The van der Waals surface area contributed by atoms with Crippen LogP contribution in [-0.4, -0.2) is 46.7 Å². The molecule has 2 aliphatic heterocycles. The average molecular weight is 306 g/mol. The third kappa shape index (κ3) is 3.76. The number of piperidine rings is 1. The molecular formula is C17H26N2O3. The van der Waals surface area contributed by atoms with Crippen LogP contribution < -0.4 is 0 Å². The monoisotopic (exact) mass is 306 g/mol. The van der Waals surface area contributed by atoms with Crippen LogP contribution in [0.1, 0.15) is 52.4 Å². The Morgan fingerprint density at radius 3 is 2.32 bits per heavy atom. The fourth-order valence-electron chi connectivity index (χ4n) is 3.29. The van der Waals surface area contributed by atoms with Gasteiger partial charge in [-0.1, -0.05) is 32.6 Å². The molecule has 0 aromatic rings. The summed E-state index contributed by atoms with van der Waals surface area (Å²) in [6, 6.07) is -0.702. The van der Waals surface area contributed by atoms with Crippen LogP contribution in [0.5, 0.6) is 0 Å². The lowest BCUT2D eigenvalue weighted by atomic mass is 9.91. The van der Waals surface area contributed by atoms with Crippen molar-refractivity contribution >= 4 is 17.7 Å². The molecule has 1 atom stereocenters. The van der Waals surface area contributed by atoms with Crippen molar-refractivity contribution < 1.29 is 14.4 Å². The molecule has 0 aromatic carbocycles. The summed E-state index contributed by atoms with van der Waals surface area (Å²) >= 11 is 0. The zero-order valence-electron chi connectivity index (χ0n) is 13.6. The highest BCUT2D eigenvalue weighted by Gasteiger charge is 2.35. The number of hydrogen-bond acceptors (Lipinski definition) is 3. The maximum Gasteiger partial charge on any atom is 0.254 e. The summed E-state index contributed by atoms with van der Waals surface area (Å²) in [6.07, 6.45) is 9.55. The van der Waals surface area contributed by atoms with Crippen LogP contribution in [0.3, 0.4) is 0 Å². The molecule has 2 heterocycles. The molecule has 0 bridgehead atoms. The van der Waals surface area contributed by atoms with Gasteiger partial charge in [0.2, 0.25) is 5.91 Å². The second-order valence-electron chi connectivity index (χ2n) is 6.32. The van der Waals surface area contributed by atoms with E-state index in [1.165, 1.54) is 37.8 Å². The van der Waals surface area contributed by atoms with E-state index < -0.39 is 6.04 Å². The number of imide groups is 1. The van der Waals surface area contributed by atoms with Gasteiger partial charge in [0.1, 0.15) is 6.04 Å². The van der Waals surface area contributed by atoms with Gasteiger partial charge in [0.15, 0.2) is 0 Å². The van der Waals surface area contributed by atoms with Gasteiger partial charge in [-0.25, -0.2) is 0 Å². The van der Waals surface area contributed by atoms with Gasteiger partial charge in [-0.15, -0.1) is 0 Å². The molecule has 1 unspecified atom stereocenters. The van der Waals surface area contributed by atoms with Crippen LogP contribution in [0.15, 0.2) is 12.2 Å². The van der Waals surface area contributed by atoms with Crippen LogP contribution in [0.4, 0.5) is 0 Å². The first-order valence-corrected chi connectivity index (χ1v) is 8.38. The summed E-state index contributed by atoms with van der Waals surface area (Å²) in [7, 11) is 0. The van der Waals surface area contributed by atoms with E-state index in [-0.39, 0.29) is 17.7 Å². The standard InChI is InChI=1S/C17H26N2O3/c1-3-4-5-6-14-9-11-18(12-10-14)17(22)13(2)19-15(20)7-8-16(19)21/h7-8,13-14H,3-6,9-12H2,1-2H3. The highest BCUT2D eigenvalue weighted by Crippen LogP contribution is 2.24. The van der Waals surface area contributed by atoms with Crippen LogP contribution in [0.2, 0.25) is 0 Å². The Morgan fingerprint density at radius 2 is 1.77 bits per heavy atom. The molecule has 5 nitrogen and oxygen atoms in total. The second kappa shape index (κ2) is 7.56. The molecule has 1 saturated heterocycles. The fraction of sp³-hybridized carbons (Fsp3) is 0.706. The van der Waals surface area contributed by atoms with Crippen LogP contribution >= 0.6 is 0 Å². The molecule has 2 aliphatic rings. The Labute approximate surface area is 132 Å². The van der Waals surface area contributed by atoms with Gasteiger partial charge in [-0.2, -0.15) is 0 Å². The van der Waals surface area contributed by atoms with Gasteiger partial charge in [-0.05, 0) is 25.7 Å². The summed E-state index contributed by atoms with van der Waals surface area (Å²) in [5.74, 6) is -0.180. The van der Waals surface area contributed by atoms with Crippen molar-refractivity contribution in [3.8, 4) is 0 Å². The van der Waals surface area contributed by atoms with Crippen molar-refractivity contribution in [1.29, 1.82) is 0 Å². The van der Waals surface area contributed by atoms with Gasteiger partial charge < -0.3 is 4.90 Å². The lowest BCUT2D eigenvalue weighted by Gasteiger charge is -2.35. The molecular weight excluding hydrogens is 280 g/mol. The molecule has 5 heteroatoms. The fourth-order valence-corrected chi connectivity index (χ4v) is 3.29. The largest absolute Gasteiger partial charge is 0.341 e. The highest BCUT2D eigenvalue weighted by molar-refractivity contribution is 6.15. The Bertz CT molecular complexity index is 447. The summed E-state index contributed by atoms with van der Waals surface area (Å²) in [5.41, 5.74) is 0. The molecule has 2 rings (SSSR count). The van der Waals surface area contributed by atoms with Crippen molar-refractivity contribution in [3.63, 3.8) is 0 Å². The lowest BCUT2D eigenvalue weighted by Crippen LogP contribution is -2.51. The van der Waals surface area contributed by atoms with E-state index in [4.69, 9.17) is 0 Å². The number of amides is 3. The number of rotatable bonds is 6. The number of carbonyl (C=O) groups is 3. The van der Waals surface area contributed by atoms with Crippen molar-refractivity contribution in [2.24, 2.45) is 5.92 Å². The smallest absolute Gasteiger partial charge is 0.254 e. The first kappa shape index (κ1) is 16.7. The van der Waals surface area contributed by atoms with Gasteiger partial charge in [-0.3, -0.25) is 19.3 Å². The third-order valence-corrected chi connectivity index (χ3v) is 4.73. The third-order valence-electron chi connectivity index (χ3n) is 4.73. The molecule has 22 heavy (non-hydrogen) atoms. The van der Waals surface area contributed by atoms with Gasteiger partial charge in [0.25, 0.3) is 11.8 Å². The van der Waals surface area contributed by atoms with E-state index >= 15 is 0 Å². The first-order valence-electron chi connectivity index (χ1n) is 8.38. The predicted molar refractivity (Wildman–Crippen MR) is 83.9 cm³/mol. The minimum atomic E-state index is -0.702. The molecule has 3 amide bonds. The van der Waals surface area contributed by atoms with E-state index in [1.807, 2.05) is 0 Å². The lowest BCUT2D eigenvalue weighted by molar-refractivity contribution is -0.149. The van der Waals surface area contributed by atoms with Crippen LogP contribution in [-0.2, 0) is 14.4 Å². The second-order valence-corrected chi connectivity index (χ2v) is 6.32. The minimum absolute atomic E-state index is 0.114. The Hall–Kier alpha value is -1.65. The first-order chi connectivity index (χ1) is 10.5. The molecule has 1 fully saturated rings. The summed E-state index contributed by atoms with van der Waals surface area (Å²) < 4.78 is 0. The molecule has 0 spiro atoms. The molecule has 0 N–H and O–H groups in total. The van der Waals surface area contributed by atoms with Crippen molar-refractivity contribution in [2.75, 3.05) is 13.1 Å². The van der Waals surface area contributed by atoms with Gasteiger partial charge in [0, 0.05) is 25.2 Å². The maximum absolute atomic E-state index is 12.5. The van der Waals surface area contributed by atoms with E-state index in [2.05, 4.69) is 6.92 Å². The van der Waals surface area contributed by atoms with E-state index in [9.17, 15) is 14.4 Å². The maximum atomic E-state index is 12.5. The number of carbonyl (C=O) groups excluding carboxylic acids is 3. The summed E-state index contributed by atoms with van der Waals surface area (Å²) in [6.45, 7) is 5.32. The molecule has 0 saturated carbocycles. The number of hydrogen-bond donors (Lipinski definition) is 0.